The van der Waals surface area contributed by atoms with Crippen molar-refractivity contribution >= 4 is 0 Å². The van der Waals surface area contributed by atoms with Crippen molar-refractivity contribution in [3.8, 4) is 0 Å². The fraction of sp³-hybridized carbons (Fsp3) is 0.500. The quantitative estimate of drug-likeness (QED) is 0.685. The molecule has 0 bridgehead atoms. The molecule has 1 N–H and O–H groups in total. The van der Waals surface area contributed by atoms with Gasteiger partial charge in [0.1, 0.15) is 0 Å². The van der Waals surface area contributed by atoms with Gasteiger partial charge < -0.3 is 10.1 Å². The first-order valence-corrected chi connectivity index (χ1v) is 4.71. The van der Waals surface area contributed by atoms with E-state index in [-0.39, 0.29) is 6.04 Å². The van der Waals surface area contributed by atoms with Crippen molar-refractivity contribution in [3.05, 3.63) is 29.3 Å². The minimum atomic E-state index is -0.428. The Hall–Kier alpha value is -1.00. The van der Waals surface area contributed by atoms with Gasteiger partial charge in [-0.3, -0.25) is 0 Å². The molecular weight excluding hydrogens is 183 g/mol. The Morgan fingerprint density at radius 1 is 1.57 bits per heavy atom. The van der Waals surface area contributed by atoms with Gasteiger partial charge >= 0.3 is 0 Å². The molecule has 1 aromatic heterocycles. The molecule has 0 saturated carbocycles. The number of halogens is 1. The van der Waals surface area contributed by atoms with E-state index in [2.05, 4.69) is 10.3 Å². The number of nitrogens with one attached hydrogen (secondary N) is 1. The van der Waals surface area contributed by atoms with E-state index in [1.54, 1.807) is 6.07 Å². The maximum atomic E-state index is 12.8. The minimum Gasteiger partial charge on any atom is -0.378 e. The standard InChI is InChI=1S/C10H13FN2O/c1-7-8(2-3-10(11)13-7)9-6-14-5-4-12-9/h2-3,9,12H,4-6H2,1H3/t9-/m0/s1. The molecule has 4 heteroatoms. The zero-order valence-electron chi connectivity index (χ0n) is 8.09. The van der Waals surface area contributed by atoms with Crippen molar-refractivity contribution in [1.29, 1.82) is 0 Å². The van der Waals surface area contributed by atoms with Crippen molar-refractivity contribution in [1.82, 2.24) is 10.3 Å². The van der Waals surface area contributed by atoms with E-state index in [1.165, 1.54) is 6.07 Å². The average molecular weight is 196 g/mol. The molecule has 14 heavy (non-hydrogen) atoms. The predicted molar refractivity (Wildman–Crippen MR) is 50.5 cm³/mol. The van der Waals surface area contributed by atoms with Gasteiger partial charge in [-0.2, -0.15) is 4.39 Å². The highest BCUT2D eigenvalue weighted by atomic mass is 19.1. The van der Waals surface area contributed by atoms with Crippen LogP contribution in [-0.2, 0) is 4.74 Å². The number of rotatable bonds is 1. The molecule has 0 spiro atoms. The monoisotopic (exact) mass is 196 g/mol. The molecule has 0 radical (unpaired) electrons. The van der Waals surface area contributed by atoms with Crippen LogP contribution in [0, 0.1) is 12.9 Å². The highest BCUT2D eigenvalue weighted by molar-refractivity contribution is 5.23. The molecule has 76 valence electrons. The summed E-state index contributed by atoms with van der Waals surface area (Å²) >= 11 is 0. The molecule has 1 aliphatic rings. The maximum Gasteiger partial charge on any atom is 0.213 e. The summed E-state index contributed by atoms with van der Waals surface area (Å²) in [5.41, 5.74) is 1.75. The third-order valence-corrected chi connectivity index (χ3v) is 2.39. The second kappa shape index (κ2) is 4.02. The number of pyridine rings is 1. The zero-order chi connectivity index (χ0) is 9.97. The fourth-order valence-electron chi connectivity index (χ4n) is 1.67. The summed E-state index contributed by atoms with van der Waals surface area (Å²) in [7, 11) is 0. The van der Waals surface area contributed by atoms with Gasteiger partial charge in [0.25, 0.3) is 0 Å². The highest BCUT2D eigenvalue weighted by Crippen LogP contribution is 2.18. The van der Waals surface area contributed by atoms with Gasteiger partial charge in [0.15, 0.2) is 0 Å². The molecule has 2 rings (SSSR count). The number of aryl methyl sites for hydroxylation is 1. The van der Waals surface area contributed by atoms with Crippen LogP contribution < -0.4 is 5.32 Å². The van der Waals surface area contributed by atoms with Crippen molar-refractivity contribution in [3.63, 3.8) is 0 Å². The lowest BCUT2D eigenvalue weighted by Gasteiger charge is -2.24. The van der Waals surface area contributed by atoms with Crippen molar-refractivity contribution in [2.75, 3.05) is 19.8 Å². The van der Waals surface area contributed by atoms with Crippen LogP contribution in [0.25, 0.3) is 0 Å². The van der Waals surface area contributed by atoms with E-state index in [1.807, 2.05) is 6.92 Å². The fourth-order valence-corrected chi connectivity index (χ4v) is 1.67. The van der Waals surface area contributed by atoms with E-state index in [9.17, 15) is 4.39 Å². The SMILES string of the molecule is Cc1nc(F)ccc1[C@@H]1COCCN1. The predicted octanol–water partition coefficient (Wildman–Crippen LogP) is 1.19. The van der Waals surface area contributed by atoms with E-state index in [4.69, 9.17) is 4.74 Å². The van der Waals surface area contributed by atoms with Gasteiger partial charge in [0.05, 0.1) is 19.3 Å². The van der Waals surface area contributed by atoms with Crippen LogP contribution in [0.3, 0.4) is 0 Å². The Kier molecular flexibility index (Phi) is 2.74. The van der Waals surface area contributed by atoms with E-state index >= 15 is 0 Å². The Morgan fingerprint density at radius 3 is 3.07 bits per heavy atom. The average Bonchev–Trinajstić information content (AvgIpc) is 2.19. The Labute approximate surface area is 82.3 Å². The van der Waals surface area contributed by atoms with Gasteiger partial charge in [-0.05, 0) is 18.6 Å². The molecule has 1 aromatic rings. The smallest absolute Gasteiger partial charge is 0.213 e. The van der Waals surface area contributed by atoms with Gasteiger partial charge in [-0.1, -0.05) is 6.07 Å². The van der Waals surface area contributed by atoms with Crippen LogP contribution in [0.1, 0.15) is 17.3 Å². The van der Waals surface area contributed by atoms with E-state index in [0.717, 1.165) is 24.4 Å². The lowest BCUT2D eigenvalue weighted by atomic mass is 10.1. The van der Waals surface area contributed by atoms with Gasteiger partial charge in [-0.25, -0.2) is 4.98 Å². The zero-order valence-corrected chi connectivity index (χ0v) is 8.09. The molecule has 0 aliphatic carbocycles. The molecule has 1 atom stereocenters. The molecule has 3 nitrogen and oxygen atoms in total. The van der Waals surface area contributed by atoms with Crippen LogP contribution in [0.5, 0.6) is 0 Å². The minimum absolute atomic E-state index is 0.150. The molecule has 0 aromatic carbocycles. The number of hydrogen-bond donors (Lipinski definition) is 1. The van der Waals surface area contributed by atoms with E-state index in [0.29, 0.717) is 6.61 Å². The number of nitrogens with zero attached hydrogens (tertiary/aromatic N) is 1. The van der Waals surface area contributed by atoms with Crippen LogP contribution in [-0.4, -0.2) is 24.7 Å². The summed E-state index contributed by atoms with van der Waals surface area (Å²) in [5, 5.41) is 3.31. The lowest BCUT2D eigenvalue weighted by Crippen LogP contribution is -2.35. The Balaban J connectivity index is 2.22. The summed E-state index contributed by atoms with van der Waals surface area (Å²) in [6, 6.07) is 3.31. The van der Waals surface area contributed by atoms with Crippen LogP contribution >= 0.6 is 0 Å². The third kappa shape index (κ3) is 1.91. The first-order chi connectivity index (χ1) is 6.77. The number of hydrogen-bond acceptors (Lipinski definition) is 3. The van der Waals surface area contributed by atoms with Gasteiger partial charge in [-0.15, -0.1) is 0 Å². The highest BCUT2D eigenvalue weighted by Gasteiger charge is 2.17. The van der Waals surface area contributed by atoms with Crippen LogP contribution in [0.4, 0.5) is 4.39 Å². The van der Waals surface area contributed by atoms with Crippen molar-refractivity contribution in [2.24, 2.45) is 0 Å². The molecular formula is C10H13FN2O. The second-order valence-corrected chi connectivity index (χ2v) is 3.39. The lowest BCUT2D eigenvalue weighted by molar-refractivity contribution is 0.0765. The molecule has 1 aliphatic heterocycles. The first-order valence-electron chi connectivity index (χ1n) is 4.71. The summed E-state index contributed by atoms with van der Waals surface area (Å²) in [6.45, 7) is 4.02. The normalized spacial score (nSPS) is 22.3. The number of aromatic nitrogens is 1. The van der Waals surface area contributed by atoms with Crippen molar-refractivity contribution < 1.29 is 9.13 Å². The Bertz CT molecular complexity index is 324. The summed E-state index contributed by atoms with van der Waals surface area (Å²) in [6.07, 6.45) is 0. The molecule has 1 saturated heterocycles. The second-order valence-electron chi connectivity index (χ2n) is 3.39. The number of morpholine rings is 1. The van der Waals surface area contributed by atoms with Crippen molar-refractivity contribution in [2.45, 2.75) is 13.0 Å². The number of ether oxygens (including phenoxy) is 1. The first kappa shape index (κ1) is 9.55. The molecule has 0 unspecified atom stereocenters. The van der Waals surface area contributed by atoms with Crippen LogP contribution in [0.15, 0.2) is 12.1 Å². The van der Waals surface area contributed by atoms with Gasteiger partial charge in [0, 0.05) is 12.2 Å². The molecule has 0 amide bonds. The Morgan fingerprint density at radius 2 is 2.43 bits per heavy atom. The summed E-state index contributed by atoms with van der Waals surface area (Å²) < 4.78 is 18.1. The molecule has 1 fully saturated rings. The third-order valence-electron chi connectivity index (χ3n) is 2.39. The summed E-state index contributed by atoms with van der Waals surface area (Å²) in [5.74, 6) is -0.428. The summed E-state index contributed by atoms with van der Waals surface area (Å²) in [4.78, 5) is 3.79. The van der Waals surface area contributed by atoms with Gasteiger partial charge in [0.2, 0.25) is 5.95 Å². The molecule has 2 heterocycles. The topological polar surface area (TPSA) is 34.1 Å². The van der Waals surface area contributed by atoms with E-state index < -0.39 is 5.95 Å². The van der Waals surface area contributed by atoms with Crippen LogP contribution in [0.2, 0.25) is 0 Å². The maximum absolute atomic E-state index is 12.8. The largest absolute Gasteiger partial charge is 0.378 e.